The zero-order valence-corrected chi connectivity index (χ0v) is 14.8. The predicted octanol–water partition coefficient (Wildman–Crippen LogP) is 2.42. The molecule has 0 saturated heterocycles. The minimum atomic E-state index is -0.108. The maximum atomic E-state index is 12.3. The van der Waals surface area contributed by atoms with Crippen molar-refractivity contribution >= 4 is 28.7 Å². The second-order valence-electron chi connectivity index (χ2n) is 6.45. The molecule has 2 aromatic rings. The van der Waals surface area contributed by atoms with Gasteiger partial charge in [0.25, 0.3) is 0 Å². The van der Waals surface area contributed by atoms with E-state index in [1.54, 1.807) is 11.8 Å². The molecule has 1 amide bonds. The number of aromatic nitrogens is 2. The van der Waals surface area contributed by atoms with E-state index < -0.39 is 0 Å². The normalized spacial score (nSPS) is 11.8. The summed E-state index contributed by atoms with van der Waals surface area (Å²) in [4.78, 5) is 17.0. The molecule has 0 radical (unpaired) electrons. The summed E-state index contributed by atoms with van der Waals surface area (Å²) >= 11 is 1.69. The van der Waals surface area contributed by atoms with Crippen LogP contribution < -0.4 is 5.32 Å². The summed E-state index contributed by atoms with van der Waals surface area (Å²) in [6.07, 6.45) is 2.69. The van der Waals surface area contributed by atoms with Gasteiger partial charge in [-0.1, -0.05) is 26.0 Å². The first-order valence-corrected chi connectivity index (χ1v) is 9.17. The van der Waals surface area contributed by atoms with Crippen molar-refractivity contribution in [3.05, 3.63) is 30.1 Å². The molecule has 1 aromatic carbocycles. The number of hydrogen-bond acceptors (Lipinski definition) is 4. The average Bonchev–Trinajstić information content (AvgIpc) is 2.84. The Morgan fingerprint density at radius 3 is 2.83 bits per heavy atom. The van der Waals surface area contributed by atoms with E-state index in [1.165, 1.54) is 0 Å². The summed E-state index contributed by atoms with van der Waals surface area (Å²) in [5.41, 5.74) is 1.80. The fourth-order valence-electron chi connectivity index (χ4n) is 2.47. The summed E-state index contributed by atoms with van der Waals surface area (Å²) in [5, 5.41) is 12.0. The van der Waals surface area contributed by atoms with Gasteiger partial charge in [0, 0.05) is 13.2 Å². The molecular formula is C17H25N3O2S. The molecule has 0 aliphatic rings. The zero-order chi connectivity index (χ0) is 16.9. The van der Waals surface area contributed by atoms with Crippen LogP contribution in [0.1, 0.15) is 26.1 Å². The molecule has 6 heteroatoms. The van der Waals surface area contributed by atoms with Crippen LogP contribution in [0.4, 0.5) is 0 Å². The molecule has 0 bridgehead atoms. The lowest BCUT2D eigenvalue weighted by Crippen LogP contribution is -2.36. The lowest BCUT2D eigenvalue weighted by atomic mass is 9.90. The third kappa shape index (κ3) is 4.72. The molecule has 23 heavy (non-hydrogen) atoms. The molecule has 0 fully saturated rings. The molecule has 0 saturated carbocycles. The molecule has 0 atom stereocenters. The molecule has 0 aliphatic carbocycles. The summed E-state index contributed by atoms with van der Waals surface area (Å²) in [7, 11) is 0. The first-order valence-electron chi connectivity index (χ1n) is 7.77. The van der Waals surface area contributed by atoms with E-state index in [-0.39, 0.29) is 24.5 Å². The minimum Gasteiger partial charge on any atom is -0.396 e. The van der Waals surface area contributed by atoms with Crippen LogP contribution in [0.2, 0.25) is 0 Å². The number of thioether (sulfide) groups is 1. The molecule has 1 heterocycles. The van der Waals surface area contributed by atoms with Gasteiger partial charge >= 0.3 is 0 Å². The Morgan fingerprint density at radius 1 is 1.39 bits per heavy atom. The number of amides is 1. The van der Waals surface area contributed by atoms with E-state index in [1.807, 2.05) is 48.9 Å². The van der Waals surface area contributed by atoms with E-state index >= 15 is 0 Å². The Kier molecular flexibility index (Phi) is 6.07. The number of para-hydroxylation sites is 2. The summed E-state index contributed by atoms with van der Waals surface area (Å²) < 4.78 is 1.99. The van der Waals surface area contributed by atoms with Crippen LogP contribution in [0.15, 0.2) is 24.3 Å². The third-order valence-corrected chi connectivity index (χ3v) is 4.41. The van der Waals surface area contributed by atoms with Gasteiger partial charge in [-0.3, -0.25) is 4.79 Å². The quantitative estimate of drug-likeness (QED) is 0.777. The number of rotatable bonds is 8. The van der Waals surface area contributed by atoms with E-state index in [0.717, 1.165) is 22.6 Å². The van der Waals surface area contributed by atoms with Crippen molar-refractivity contribution in [2.75, 3.05) is 19.4 Å². The van der Waals surface area contributed by atoms with Crippen molar-refractivity contribution in [1.29, 1.82) is 0 Å². The first kappa shape index (κ1) is 17.8. The topological polar surface area (TPSA) is 67.2 Å². The highest BCUT2D eigenvalue weighted by atomic mass is 32.2. The van der Waals surface area contributed by atoms with Gasteiger partial charge in [0.2, 0.25) is 5.91 Å². The number of hydrogen-bond donors (Lipinski definition) is 2. The minimum absolute atomic E-state index is 0.0264. The Hall–Kier alpha value is -1.53. The number of carbonyl (C=O) groups is 1. The van der Waals surface area contributed by atoms with E-state index in [2.05, 4.69) is 10.3 Å². The Labute approximate surface area is 141 Å². The Balaban J connectivity index is 2.11. The molecule has 0 unspecified atom stereocenters. The summed E-state index contributed by atoms with van der Waals surface area (Å²) in [6.45, 7) is 5.03. The molecule has 2 N–H and O–H groups in total. The van der Waals surface area contributed by atoms with Crippen molar-refractivity contribution in [3.63, 3.8) is 0 Å². The van der Waals surface area contributed by atoms with Crippen LogP contribution >= 0.6 is 11.8 Å². The van der Waals surface area contributed by atoms with Crippen molar-refractivity contribution in [3.8, 4) is 0 Å². The van der Waals surface area contributed by atoms with Gasteiger partial charge < -0.3 is 15.0 Å². The number of carbonyl (C=O) groups excluding carboxylic acids is 1. The van der Waals surface area contributed by atoms with Gasteiger partial charge in [0.1, 0.15) is 12.4 Å². The largest absolute Gasteiger partial charge is 0.396 e. The fourth-order valence-corrected chi connectivity index (χ4v) is 2.95. The van der Waals surface area contributed by atoms with Crippen LogP contribution in [-0.2, 0) is 17.1 Å². The van der Waals surface area contributed by atoms with Gasteiger partial charge in [-0.25, -0.2) is 4.98 Å². The standard InChI is InChI=1S/C17H25N3O2S/c1-17(2,8-9-21)12-18-16(22)10-20-14-7-5-4-6-13(14)19-15(20)11-23-3/h4-7,21H,8-12H2,1-3H3,(H,18,22). The van der Waals surface area contributed by atoms with Crippen LogP contribution in [0.25, 0.3) is 11.0 Å². The van der Waals surface area contributed by atoms with Crippen molar-refractivity contribution in [2.24, 2.45) is 5.41 Å². The molecule has 1 aromatic heterocycles. The Bertz CT molecular complexity index is 667. The molecule has 2 rings (SSSR count). The smallest absolute Gasteiger partial charge is 0.240 e. The molecule has 0 spiro atoms. The summed E-state index contributed by atoms with van der Waals surface area (Å²) in [5.74, 6) is 1.67. The number of nitrogens with zero attached hydrogens (tertiary/aromatic N) is 2. The van der Waals surface area contributed by atoms with Crippen LogP contribution in [0.3, 0.4) is 0 Å². The lowest BCUT2D eigenvalue weighted by Gasteiger charge is -2.24. The number of aliphatic hydroxyl groups is 1. The second kappa shape index (κ2) is 7.84. The molecule has 0 aliphatic heterocycles. The van der Waals surface area contributed by atoms with Crippen LogP contribution in [0.5, 0.6) is 0 Å². The maximum Gasteiger partial charge on any atom is 0.240 e. The zero-order valence-electron chi connectivity index (χ0n) is 14.0. The second-order valence-corrected chi connectivity index (χ2v) is 7.32. The average molecular weight is 335 g/mol. The lowest BCUT2D eigenvalue weighted by molar-refractivity contribution is -0.122. The number of nitrogens with one attached hydrogen (secondary N) is 1. The highest BCUT2D eigenvalue weighted by molar-refractivity contribution is 7.97. The van der Waals surface area contributed by atoms with Crippen molar-refractivity contribution in [2.45, 2.75) is 32.6 Å². The third-order valence-electron chi connectivity index (χ3n) is 3.86. The number of imidazole rings is 1. The Morgan fingerprint density at radius 2 is 2.13 bits per heavy atom. The molecule has 5 nitrogen and oxygen atoms in total. The van der Waals surface area contributed by atoms with Crippen LogP contribution in [-0.4, -0.2) is 40.0 Å². The fraction of sp³-hybridized carbons (Fsp3) is 0.529. The number of fused-ring (bicyclic) bond motifs is 1. The predicted molar refractivity (Wildman–Crippen MR) is 95.4 cm³/mol. The number of aliphatic hydroxyl groups excluding tert-OH is 1. The highest BCUT2D eigenvalue weighted by Crippen LogP contribution is 2.20. The van der Waals surface area contributed by atoms with Gasteiger partial charge in [-0.2, -0.15) is 11.8 Å². The van der Waals surface area contributed by atoms with Crippen molar-refractivity contribution in [1.82, 2.24) is 14.9 Å². The molecular weight excluding hydrogens is 310 g/mol. The van der Waals surface area contributed by atoms with E-state index in [9.17, 15) is 4.79 Å². The summed E-state index contributed by atoms with van der Waals surface area (Å²) in [6, 6.07) is 7.89. The highest BCUT2D eigenvalue weighted by Gasteiger charge is 2.19. The van der Waals surface area contributed by atoms with Gasteiger partial charge in [0.05, 0.1) is 16.8 Å². The monoisotopic (exact) mass is 335 g/mol. The van der Waals surface area contributed by atoms with Gasteiger partial charge in [-0.15, -0.1) is 0 Å². The van der Waals surface area contributed by atoms with E-state index in [0.29, 0.717) is 13.0 Å². The van der Waals surface area contributed by atoms with Gasteiger partial charge in [0.15, 0.2) is 0 Å². The van der Waals surface area contributed by atoms with Crippen molar-refractivity contribution < 1.29 is 9.90 Å². The SMILES string of the molecule is CSCc1nc2ccccc2n1CC(=O)NCC(C)(C)CCO. The maximum absolute atomic E-state index is 12.3. The van der Waals surface area contributed by atoms with E-state index in [4.69, 9.17) is 5.11 Å². The first-order chi connectivity index (χ1) is 11.0. The van der Waals surface area contributed by atoms with Gasteiger partial charge in [-0.05, 0) is 30.2 Å². The molecule has 126 valence electrons. The number of benzene rings is 1. The van der Waals surface area contributed by atoms with Crippen LogP contribution in [0, 0.1) is 5.41 Å².